The van der Waals surface area contributed by atoms with Crippen LogP contribution in [0.5, 0.6) is 0 Å². The standard InChI is InChI=1S/C15H19F3N2OS/c1-19-8-11-5-6-20(9-11)14(21)10-22-13-4-2-3-12(7-13)15(16,17)18/h2-4,7,11,19H,5-6,8-10H2,1H3. The molecule has 1 N–H and O–H groups in total. The quantitative estimate of drug-likeness (QED) is 0.842. The second-order valence-electron chi connectivity index (χ2n) is 5.37. The number of carbonyl (C=O) groups is 1. The molecule has 0 bridgehead atoms. The molecule has 1 unspecified atom stereocenters. The van der Waals surface area contributed by atoms with E-state index in [9.17, 15) is 18.0 Å². The summed E-state index contributed by atoms with van der Waals surface area (Å²) in [6.07, 6.45) is -3.38. The summed E-state index contributed by atoms with van der Waals surface area (Å²) in [6.45, 7) is 2.34. The van der Waals surface area contributed by atoms with Gasteiger partial charge in [0.05, 0.1) is 11.3 Å². The number of halogens is 3. The molecule has 1 saturated heterocycles. The number of nitrogens with zero attached hydrogens (tertiary/aromatic N) is 1. The van der Waals surface area contributed by atoms with Crippen LogP contribution in [0, 0.1) is 5.92 Å². The highest BCUT2D eigenvalue weighted by Gasteiger charge is 2.30. The van der Waals surface area contributed by atoms with Gasteiger partial charge in [0, 0.05) is 18.0 Å². The Kier molecular flexibility index (Phi) is 5.74. The lowest BCUT2D eigenvalue weighted by Gasteiger charge is -2.16. The van der Waals surface area contributed by atoms with Gasteiger partial charge in [0.2, 0.25) is 5.91 Å². The van der Waals surface area contributed by atoms with Crippen molar-refractivity contribution < 1.29 is 18.0 Å². The van der Waals surface area contributed by atoms with E-state index >= 15 is 0 Å². The zero-order chi connectivity index (χ0) is 16.2. The van der Waals surface area contributed by atoms with Crippen LogP contribution in [0.1, 0.15) is 12.0 Å². The molecule has 1 aromatic carbocycles. The van der Waals surface area contributed by atoms with Crippen molar-refractivity contribution in [2.45, 2.75) is 17.5 Å². The van der Waals surface area contributed by atoms with Crippen LogP contribution in [0.25, 0.3) is 0 Å². The molecular weight excluding hydrogens is 313 g/mol. The maximum atomic E-state index is 12.6. The first kappa shape index (κ1) is 17.1. The number of carbonyl (C=O) groups excluding carboxylic acids is 1. The van der Waals surface area contributed by atoms with Crippen LogP contribution in [-0.2, 0) is 11.0 Å². The van der Waals surface area contributed by atoms with Crippen molar-refractivity contribution in [3.63, 3.8) is 0 Å². The Morgan fingerprint density at radius 2 is 2.23 bits per heavy atom. The molecule has 0 aliphatic carbocycles. The molecule has 2 rings (SSSR count). The fourth-order valence-corrected chi connectivity index (χ4v) is 3.37. The molecule has 1 amide bonds. The summed E-state index contributed by atoms with van der Waals surface area (Å²) in [5.74, 6) is 0.627. The molecule has 1 aliphatic rings. The van der Waals surface area contributed by atoms with E-state index in [0.29, 0.717) is 10.8 Å². The van der Waals surface area contributed by atoms with Gasteiger partial charge in [-0.05, 0) is 44.1 Å². The third kappa shape index (κ3) is 4.64. The van der Waals surface area contributed by atoms with E-state index in [-0.39, 0.29) is 11.7 Å². The fourth-order valence-electron chi connectivity index (χ4n) is 2.51. The first-order valence-electron chi connectivity index (χ1n) is 7.12. The van der Waals surface area contributed by atoms with E-state index in [2.05, 4.69) is 5.32 Å². The summed E-state index contributed by atoms with van der Waals surface area (Å²) in [5.41, 5.74) is -0.680. The Bertz CT molecular complexity index is 522. The molecule has 1 atom stereocenters. The molecule has 7 heteroatoms. The summed E-state index contributed by atoms with van der Waals surface area (Å²) in [4.78, 5) is 14.4. The van der Waals surface area contributed by atoms with Crippen LogP contribution in [-0.4, -0.2) is 43.2 Å². The molecule has 22 heavy (non-hydrogen) atoms. The minimum Gasteiger partial charge on any atom is -0.342 e. The van der Waals surface area contributed by atoms with Crippen molar-refractivity contribution >= 4 is 17.7 Å². The topological polar surface area (TPSA) is 32.3 Å². The van der Waals surface area contributed by atoms with Gasteiger partial charge >= 0.3 is 6.18 Å². The van der Waals surface area contributed by atoms with E-state index in [4.69, 9.17) is 0 Å². The number of hydrogen-bond donors (Lipinski definition) is 1. The average Bonchev–Trinajstić information content (AvgIpc) is 2.93. The molecule has 1 aromatic rings. The van der Waals surface area contributed by atoms with Gasteiger partial charge in [-0.1, -0.05) is 6.07 Å². The van der Waals surface area contributed by atoms with Crippen molar-refractivity contribution in [3.05, 3.63) is 29.8 Å². The zero-order valence-electron chi connectivity index (χ0n) is 12.3. The number of rotatable bonds is 5. The molecule has 1 fully saturated rings. The number of alkyl halides is 3. The van der Waals surface area contributed by atoms with Gasteiger partial charge in [-0.3, -0.25) is 4.79 Å². The molecule has 122 valence electrons. The van der Waals surface area contributed by atoms with E-state index in [1.54, 1.807) is 11.0 Å². The average molecular weight is 332 g/mol. The molecule has 1 heterocycles. The van der Waals surface area contributed by atoms with Crippen molar-refractivity contribution in [2.24, 2.45) is 5.92 Å². The summed E-state index contributed by atoms with van der Waals surface area (Å²) in [6, 6.07) is 5.09. The molecular formula is C15H19F3N2OS. The number of hydrogen-bond acceptors (Lipinski definition) is 3. The highest BCUT2D eigenvalue weighted by Crippen LogP contribution is 2.32. The predicted molar refractivity (Wildman–Crippen MR) is 80.8 cm³/mol. The summed E-state index contributed by atoms with van der Waals surface area (Å²) in [7, 11) is 1.88. The fraction of sp³-hybridized carbons (Fsp3) is 0.533. The summed E-state index contributed by atoms with van der Waals surface area (Å²) in [5, 5.41) is 3.10. The van der Waals surface area contributed by atoms with Crippen LogP contribution in [0.15, 0.2) is 29.2 Å². The maximum Gasteiger partial charge on any atom is 0.416 e. The lowest BCUT2D eigenvalue weighted by Crippen LogP contribution is -2.31. The van der Waals surface area contributed by atoms with Crippen molar-refractivity contribution in [2.75, 3.05) is 32.4 Å². The zero-order valence-corrected chi connectivity index (χ0v) is 13.1. The van der Waals surface area contributed by atoms with Crippen LogP contribution < -0.4 is 5.32 Å². The Balaban J connectivity index is 1.87. The minimum absolute atomic E-state index is 0.0129. The van der Waals surface area contributed by atoms with Gasteiger partial charge < -0.3 is 10.2 Å². The van der Waals surface area contributed by atoms with E-state index in [1.807, 2.05) is 7.05 Å². The van der Waals surface area contributed by atoms with E-state index in [0.717, 1.165) is 49.9 Å². The first-order chi connectivity index (χ1) is 10.4. The molecule has 0 aromatic heterocycles. The smallest absolute Gasteiger partial charge is 0.342 e. The predicted octanol–water partition coefficient (Wildman–Crippen LogP) is 2.87. The third-order valence-corrected chi connectivity index (χ3v) is 4.63. The lowest BCUT2D eigenvalue weighted by atomic mass is 10.1. The molecule has 1 aliphatic heterocycles. The summed E-state index contributed by atoms with van der Waals surface area (Å²) >= 11 is 1.15. The largest absolute Gasteiger partial charge is 0.416 e. The first-order valence-corrected chi connectivity index (χ1v) is 8.11. The van der Waals surface area contributed by atoms with Crippen LogP contribution >= 0.6 is 11.8 Å². The summed E-state index contributed by atoms with van der Waals surface area (Å²) < 4.78 is 37.9. The maximum absolute atomic E-state index is 12.6. The number of nitrogens with one attached hydrogen (secondary N) is 1. The third-order valence-electron chi connectivity index (χ3n) is 3.66. The van der Waals surface area contributed by atoms with Gasteiger partial charge in [0.25, 0.3) is 0 Å². The van der Waals surface area contributed by atoms with Gasteiger partial charge in [-0.25, -0.2) is 0 Å². The van der Waals surface area contributed by atoms with Gasteiger partial charge in [0.1, 0.15) is 0 Å². The monoisotopic (exact) mass is 332 g/mol. The van der Waals surface area contributed by atoms with Gasteiger partial charge in [-0.2, -0.15) is 13.2 Å². The number of benzene rings is 1. The van der Waals surface area contributed by atoms with Gasteiger partial charge in [-0.15, -0.1) is 11.8 Å². The number of amides is 1. The minimum atomic E-state index is -4.35. The highest BCUT2D eigenvalue weighted by molar-refractivity contribution is 8.00. The number of likely N-dealkylation sites (tertiary alicyclic amines) is 1. The number of thioether (sulfide) groups is 1. The molecule has 0 spiro atoms. The van der Waals surface area contributed by atoms with Gasteiger partial charge in [0.15, 0.2) is 0 Å². The highest BCUT2D eigenvalue weighted by atomic mass is 32.2. The van der Waals surface area contributed by atoms with E-state index < -0.39 is 11.7 Å². The van der Waals surface area contributed by atoms with E-state index in [1.165, 1.54) is 6.07 Å². The molecule has 3 nitrogen and oxygen atoms in total. The van der Waals surface area contributed by atoms with Crippen molar-refractivity contribution in [1.82, 2.24) is 10.2 Å². The van der Waals surface area contributed by atoms with Crippen LogP contribution in [0.2, 0.25) is 0 Å². The Morgan fingerprint density at radius 1 is 1.45 bits per heavy atom. The van der Waals surface area contributed by atoms with Crippen molar-refractivity contribution in [1.29, 1.82) is 0 Å². The molecule has 0 saturated carbocycles. The Morgan fingerprint density at radius 3 is 2.91 bits per heavy atom. The lowest BCUT2D eigenvalue weighted by molar-refractivity contribution is -0.137. The van der Waals surface area contributed by atoms with Crippen LogP contribution in [0.3, 0.4) is 0 Å². The van der Waals surface area contributed by atoms with Crippen LogP contribution in [0.4, 0.5) is 13.2 Å². The second-order valence-corrected chi connectivity index (χ2v) is 6.42. The normalized spacial score (nSPS) is 18.7. The van der Waals surface area contributed by atoms with Crippen molar-refractivity contribution in [3.8, 4) is 0 Å². The molecule has 0 radical (unpaired) electrons. The SMILES string of the molecule is CNCC1CCN(C(=O)CSc2cccc(C(F)(F)F)c2)C1. The Labute approximate surface area is 132 Å². The second kappa shape index (κ2) is 7.37. The Hall–Kier alpha value is -1.21.